The van der Waals surface area contributed by atoms with E-state index in [9.17, 15) is 13.5 Å². The van der Waals surface area contributed by atoms with Crippen LogP contribution >= 0.6 is 0 Å². The van der Waals surface area contributed by atoms with Crippen molar-refractivity contribution in [1.82, 2.24) is 4.31 Å². The highest BCUT2D eigenvalue weighted by Crippen LogP contribution is 2.29. The Morgan fingerprint density at radius 2 is 2.05 bits per heavy atom. The molecule has 0 spiro atoms. The van der Waals surface area contributed by atoms with Crippen molar-refractivity contribution in [2.45, 2.75) is 38.2 Å². The summed E-state index contributed by atoms with van der Waals surface area (Å²) in [5, 5.41) is 9.42. The molecule has 1 unspecified atom stereocenters. The fourth-order valence-electron chi connectivity index (χ4n) is 2.80. The van der Waals surface area contributed by atoms with Crippen LogP contribution < -0.4 is 0 Å². The van der Waals surface area contributed by atoms with Crippen LogP contribution in [0, 0.1) is 19.8 Å². The Balaban J connectivity index is 2.24. The number of aliphatic hydroxyl groups is 1. The Labute approximate surface area is 125 Å². The summed E-state index contributed by atoms with van der Waals surface area (Å²) in [5.74, 6) is 0.982. The molecule has 1 N–H and O–H groups in total. The third kappa shape index (κ3) is 3.31. The lowest BCUT2D eigenvalue weighted by Crippen LogP contribution is -2.35. The van der Waals surface area contributed by atoms with E-state index in [1.165, 1.54) is 4.31 Å². The molecule has 2 rings (SSSR count). The molecule has 1 atom stereocenters. The summed E-state index contributed by atoms with van der Waals surface area (Å²) in [5.41, 5.74) is 0.347. The van der Waals surface area contributed by atoms with Crippen molar-refractivity contribution < 1.29 is 22.7 Å². The van der Waals surface area contributed by atoms with Gasteiger partial charge in [0.25, 0.3) is 0 Å². The van der Waals surface area contributed by atoms with Gasteiger partial charge in [-0.1, -0.05) is 0 Å². The van der Waals surface area contributed by atoms with Crippen LogP contribution in [0.3, 0.4) is 0 Å². The highest BCUT2D eigenvalue weighted by atomic mass is 32.2. The number of sulfonamides is 1. The monoisotopic (exact) mass is 317 g/mol. The zero-order chi connectivity index (χ0) is 15.6. The second-order valence-electron chi connectivity index (χ2n) is 5.55. The van der Waals surface area contributed by atoms with Gasteiger partial charge in [0.05, 0.1) is 13.2 Å². The topological polar surface area (TPSA) is 80.0 Å². The van der Waals surface area contributed by atoms with Crippen LogP contribution in [0.2, 0.25) is 0 Å². The smallest absolute Gasteiger partial charge is 0.246 e. The summed E-state index contributed by atoms with van der Waals surface area (Å²) in [7, 11) is -2.10. The van der Waals surface area contributed by atoms with Gasteiger partial charge in [-0.05, 0) is 32.6 Å². The molecule has 6 nitrogen and oxygen atoms in total. The minimum Gasteiger partial charge on any atom is -0.465 e. The van der Waals surface area contributed by atoms with Gasteiger partial charge < -0.3 is 14.3 Å². The predicted molar refractivity (Wildman–Crippen MR) is 77.5 cm³/mol. The van der Waals surface area contributed by atoms with Gasteiger partial charge in [0.2, 0.25) is 10.0 Å². The SMILES string of the molecule is Cc1oc(C)c(S(=O)(=O)N(C)CC2CCCOC2)c1CO. The highest BCUT2D eigenvalue weighted by Gasteiger charge is 2.31. The van der Waals surface area contributed by atoms with E-state index in [0.29, 0.717) is 30.2 Å². The molecule has 0 bridgehead atoms. The van der Waals surface area contributed by atoms with E-state index >= 15 is 0 Å². The number of hydrogen-bond donors (Lipinski definition) is 1. The maximum Gasteiger partial charge on any atom is 0.246 e. The van der Waals surface area contributed by atoms with Gasteiger partial charge in [0.1, 0.15) is 16.4 Å². The Morgan fingerprint density at radius 1 is 1.33 bits per heavy atom. The lowest BCUT2D eigenvalue weighted by atomic mass is 10.0. The van der Waals surface area contributed by atoms with Crippen LogP contribution in [-0.4, -0.2) is 44.6 Å². The first-order valence-electron chi connectivity index (χ1n) is 7.11. The average Bonchev–Trinajstić information content (AvgIpc) is 2.74. The first-order valence-corrected chi connectivity index (χ1v) is 8.55. The van der Waals surface area contributed by atoms with Crippen LogP contribution in [0.15, 0.2) is 9.31 Å². The second-order valence-corrected chi connectivity index (χ2v) is 7.53. The minimum atomic E-state index is -3.67. The number of ether oxygens (including phenoxy) is 1. The molecule has 0 aromatic carbocycles. The molecule has 1 aliphatic rings. The minimum absolute atomic E-state index is 0.0988. The Bertz CT molecular complexity index is 587. The number of aliphatic hydroxyl groups excluding tert-OH is 1. The lowest BCUT2D eigenvalue weighted by molar-refractivity contribution is 0.0495. The van der Waals surface area contributed by atoms with Gasteiger partial charge in [-0.3, -0.25) is 0 Å². The highest BCUT2D eigenvalue weighted by molar-refractivity contribution is 7.89. The number of furan rings is 1. The van der Waals surface area contributed by atoms with Crippen molar-refractivity contribution in [2.75, 3.05) is 26.8 Å². The number of hydrogen-bond acceptors (Lipinski definition) is 5. The van der Waals surface area contributed by atoms with E-state index in [1.54, 1.807) is 20.9 Å². The molecule has 0 amide bonds. The van der Waals surface area contributed by atoms with Crippen LogP contribution in [0.5, 0.6) is 0 Å². The molecule has 120 valence electrons. The van der Waals surface area contributed by atoms with Crippen molar-refractivity contribution in [3.05, 3.63) is 17.1 Å². The van der Waals surface area contributed by atoms with Crippen LogP contribution in [0.4, 0.5) is 0 Å². The Kier molecular flexibility index (Phi) is 5.08. The van der Waals surface area contributed by atoms with Crippen LogP contribution in [-0.2, 0) is 21.4 Å². The number of nitrogens with zero attached hydrogens (tertiary/aromatic N) is 1. The molecule has 1 aliphatic heterocycles. The molecule has 1 fully saturated rings. The summed E-state index contributed by atoms with van der Waals surface area (Å²) in [6.07, 6.45) is 1.93. The molecule has 7 heteroatoms. The summed E-state index contributed by atoms with van der Waals surface area (Å²) in [6.45, 7) is 4.68. The molecule has 1 aromatic heterocycles. The zero-order valence-electron chi connectivity index (χ0n) is 12.8. The summed E-state index contributed by atoms with van der Waals surface area (Å²) in [4.78, 5) is 0.0988. The Morgan fingerprint density at radius 3 is 2.62 bits per heavy atom. The molecule has 0 aliphatic carbocycles. The largest absolute Gasteiger partial charge is 0.465 e. The molecule has 2 heterocycles. The molecular weight excluding hydrogens is 294 g/mol. The lowest BCUT2D eigenvalue weighted by Gasteiger charge is -2.26. The van der Waals surface area contributed by atoms with Crippen molar-refractivity contribution in [3.8, 4) is 0 Å². The molecule has 1 aromatic rings. The van der Waals surface area contributed by atoms with Crippen molar-refractivity contribution >= 4 is 10.0 Å². The quantitative estimate of drug-likeness (QED) is 0.889. The molecule has 0 saturated carbocycles. The van der Waals surface area contributed by atoms with Gasteiger partial charge >= 0.3 is 0 Å². The number of aryl methyl sites for hydroxylation is 2. The fraction of sp³-hybridized carbons (Fsp3) is 0.714. The molecule has 21 heavy (non-hydrogen) atoms. The maximum atomic E-state index is 12.7. The Hall–Kier alpha value is -0.890. The van der Waals surface area contributed by atoms with Crippen molar-refractivity contribution in [2.24, 2.45) is 5.92 Å². The van der Waals surface area contributed by atoms with Gasteiger partial charge in [-0.25, -0.2) is 12.7 Å². The van der Waals surface area contributed by atoms with Crippen molar-refractivity contribution in [1.29, 1.82) is 0 Å². The zero-order valence-corrected chi connectivity index (χ0v) is 13.6. The standard InChI is InChI=1S/C14H23NO5S/c1-10-13(8-16)14(11(2)20-10)21(17,18)15(3)7-12-5-4-6-19-9-12/h12,16H,4-9H2,1-3H3. The van der Waals surface area contributed by atoms with E-state index in [-0.39, 0.29) is 17.4 Å². The van der Waals surface area contributed by atoms with Gasteiger partial charge in [0, 0.05) is 25.8 Å². The third-order valence-electron chi connectivity index (χ3n) is 3.92. The summed E-state index contributed by atoms with van der Waals surface area (Å²) in [6, 6.07) is 0. The second kappa shape index (κ2) is 6.48. The third-order valence-corrected chi connectivity index (χ3v) is 5.94. The molecule has 0 radical (unpaired) electrons. The molecular formula is C14H23NO5S. The normalized spacial score (nSPS) is 20.1. The van der Waals surface area contributed by atoms with E-state index in [0.717, 1.165) is 19.4 Å². The van der Waals surface area contributed by atoms with E-state index in [4.69, 9.17) is 9.15 Å². The fourth-order valence-corrected chi connectivity index (χ4v) is 4.44. The van der Waals surface area contributed by atoms with E-state index in [1.807, 2.05) is 0 Å². The van der Waals surface area contributed by atoms with E-state index < -0.39 is 10.0 Å². The predicted octanol–water partition coefficient (Wildman–Crippen LogP) is 1.44. The summed E-state index contributed by atoms with van der Waals surface area (Å²) < 4.78 is 37.6. The first-order chi connectivity index (χ1) is 9.87. The summed E-state index contributed by atoms with van der Waals surface area (Å²) >= 11 is 0. The van der Waals surface area contributed by atoms with E-state index in [2.05, 4.69) is 0 Å². The van der Waals surface area contributed by atoms with Crippen molar-refractivity contribution in [3.63, 3.8) is 0 Å². The van der Waals surface area contributed by atoms with Crippen LogP contribution in [0.25, 0.3) is 0 Å². The average molecular weight is 317 g/mol. The van der Waals surface area contributed by atoms with Gasteiger partial charge in [-0.15, -0.1) is 0 Å². The maximum absolute atomic E-state index is 12.7. The van der Waals surface area contributed by atoms with Crippen LogP contribution in [0.1, 0.15) is 29.9 Å². The number of rotatable bonds is 5. The van der Waals surface area contributed by atoms with Gasteiger partial charge in [0.15, 0.2) is 0 Å². The first kappa shape index (κ1) is 16.5. The molecule has 1 saturated heterocycles. The van der Waals surface area contributed by atoms with Gasteiger partial charge in [-0.2, -0.15) is 0 Å².